The highest BCUT2D eigenvalue weighted by molar-refractivity contribution is 6.18. The van der Waals surface area contributed by atoms with E-state index in [0.29, 0.717) is 12.5 Å². The zero-order valence-corrected chi connectivity index (χ0v) is 16.3. The van der Waals surface area contributed by atoms with E-state index < -0.39 is 5.41 Å². The van der Waals surface area contributed by atoms with Gasteiger partial charge in [0.1, 0.15) is 11.6 Å². The van der Waals surface area contributed by atoms with E-state index in [9.17, 15) is 5.11 Å². The Hall–Kier alpha value is -2.08. The van der Waals surface area contributed by atoms with Crippen LogP contribution < -0.4 is 10.6 Å². The summed E-state index contributed by atoms with van der Waals surface area (Å²) in [5.74, 6) is 7.91. The number of benzene rings is 2. The molecule has 3 rings (SSSR count). The molecule has 144 valence electrons. The number of nitrogens with two attached hydrogens (primary N) is 1. The van der Waals surface area contributed by atoms with E-state index in [1.165, 1.54) is 11.1 Å². The molecule has 0 bridgehead atoms. The minimum absolute atomic E-state index is 0.00107. The predicted octanol–water partition coefficient (Wildman–Crippen LogP) is 2.83. The second-order valence-electron chi connectivity index (χ2n) is 7.31. The van der Waals surface area contributed by atoms with E-state index in [2.05, 4.69) is 41.4 Å². The number of halogens is 1. The lowest BCUT2D eigenvalue weighted by Gasteiger charge is -2.24. The van der Waals surface area contributed by atoms with Crippen molar-refractivity contribution in [1.82, 2.24) is 5.01 Å². The first-order valence-corrected chi connectivity index (χ1v) is 9.61. The highest BCUT2D eigenvalue weighted by atomic mass is 35.5. The number of alkyl halides is 1. The van der Waals surface area contributed by atoms with Gasteiger partial charge in [-0.05, 0) is 29.7 Å². The number of aliphatic imine (C=N–C) groups is 1. The minimum atomic E-state index is -0.426. The summed E-state index contributed by atoms with van der Waals surface area (Å²) in [6.07, 6.45) is 0.843. The van der Waals surface area contributed by atoms with Crippen molar-refractivity contribution in [2.45, 2.75) is 13.3 Å². The smallest absolute Gasteiger partial charge is 0.145 e. The average Bonchev–Trinajstić information content (AvgIpc) is 3.14. The molecule has 0 saturated carbocycles. The molecule has 2 aromatic rings. The molecular weight excluding hydrogens is 362 g/mol. The van der Waals surface area contributed by atoms with Gasteiger partial charge in [0, 0.05) is 16.9 Å². The fourth-order valence-corrected chi connectivity index (χ4v) is 2.97. The average molecular weight is 388 g/mol. The number of hydrogen-bond acceptors (Lipinski definition) is 5. The Morgan fingerprint density at radius 2 is 1.78 bits per heavy atom. The summed E-state index contributed by atoms with van der Waals surface area (Å²) in [6, 6.07) is 16.4. The third-order valence-corrected chi connectivity index (χ3v) is 5.36. The van der Waals surface area contributed by atoms with Gasteiger partial charge in [0.2, 0.25) is 0 Å². The number of amidine groups is 1. The van der Waals surface area contributed by atoms with E-state index in [1.807, 2.05) is 19.1 Å². The maximum absolute atomic E-state index is 9.39. The zero-order chi connectivity index (χ0) is 19.3. The molecule has 27 heavy (non-hydrogen) atoms. The van der Waals surface area contributed by atoms with Gasteiger partial charge in [-0.3, -0.25) is 10.0 Å². The Morgan fingerprint density at radius 1 is 1.15 bits per heavy atom. The van der Waals surface area contributed by atoms with Crippen LogP contribution in [-0.4, -0.2) is 48.1 Å². The number of hydrazine groups is 1. The van der Waals surface area contributed by atoms with Crippen LogP contribution >= 0.6 is 11.6 Å². The normalized spacial score (nSPS) is 16.1. The zero-order valence-electron chi connectivity index (χ0n) is 15.6. The van der Waals surface area contributed by atoms with Gasteiger partial charge in [-0.15, -0.1) is 11.6 Å². The quantitative estimate of drug-likeness (QED) is 0.539. The fourth-order valence-electron chi connectivity index (χ4n) is 2.81. The second kappa shape index (κ2) is 8.74. The number of rotatable bonds is 8. The van der Waals surface area contributed by atoms with Gasteiger partial charge in [0.15, 0.2) is 0 Å². The Kier molecular flexibility index (Phi) is 6.37. The summed E-state index contributed by atoms with van der Waals surface area (Å²) in [5, 5.41) is 11.1. The third-order valence-electron chi connectivity index (χ3n) is 4.71. The lowest BCUT2D eigenvalue weighted by molar-refractivity contribution is 0.100. The maximum atomic E-state index is 9.39. The molecule has 0 amide bonds. The number of aliphatic hydroxyl groups is 1. The van der Waals surface area contributed by atoms with E-state index in [0.717, 1.165) is 36.7 Å². The molecule has 5 nitrogen and oxygen atoms in total. The highest BCUT2D eigenvalue weighted by Crippen LogP contribution is 2.21. The molecular formula is C21H26ClN3O2. The highest BCUT2D eigenvalue weighted by Gasteiger charge is 2.23. The molecule has 6 heteroatoms. The second-order valence-corrected chi connectivity index (χ2v) is 7.57. The molecule has 0 aromatic heterocycles. The summed E-state index contributed by atoms with van der Waals surface area (Å²) in [4.78, 5) is 4.44. The Balaban J connectivity index is 1.58. The number of nitrogens with zero attached hydrogens (tertiary/aromatic N) is 2. The van der Waals surface area contributed by atoms with Crippen LogP contribution in [0.4, 0.5) is 0 Å². The number of hydrogen-bond donors (Lipinski definition) is 2. The van der Waals surface area contributed by atoms with E-state index in [-0.39, 0.29) is 6.61 Å². The molecule has 0 saturated heterocycles. The third kappa shape index (κ3) is 5.01. The summed E-state index contributed by atoms with van der Waals surface area (Å²) in [7, 11) is 0. The van der Waals surface area contributed by atoms with Crippen molar-refractivity contribution in [2.24, 2.45) is 16.3 Å². The largest absolute Gasteiger partial charge is 0.493 e. The van der Waals surface area contributed by atoms with Crippen molar-refractivity contribution in [3.63, 3.8) is 0 Å². The topological polar surface area (TPSA) is 71.1 Å². The minimum Gasteiger partial charge on any atom is -0.493 e. The van der Waals surface area contributed by atoms with Crippen LogP contribution in [0.2, 0.25) is 0 Å². The molecule has 3 N–H and O–H groups in total. The van der Waals surface area contributed by atoms with Crippen LogP contribution in [0.1, 0.15) is 23.6 Å². The van der Waals surface area contributed by atoms with E-state index in [1.54, 1.807) is 5.01 Å². The molecule has 1 heterocycles. The first kappa shape index (κ1) is 19.7. The molecule has 0 fully saturated rings. The monoisotopic (exact) mass is 387 g/mol. The predicted molar refractivity (Wildman–Crippen MR) is 109 cm³/mol. The van der Waals surface area contributed by atoms with Crippen molar-refractivity contribution < 1.29 is 9.84 Å². The molecule has 2 aromatic carbocycles. The van der Waals surface area contributed by atoms with Crippen molar-refractivity contribution in [2.75, 3.05) is 32.2 Å². The van der Waals surface area contributed by atoms with Crippen molar-refractivity contribution in [3.8, 4) is 5.75 Å². The summed E-state index contributed by atoms with van der Waals surface area (Å²) in [5.41, 5.74) is 3.05. The summed E-state index contributed by atoms with van der Waals surface area (Å²) >= 11 is 5.89. The number of aliphatic hydroxyl groups excluding tert-OH is 1. The maximum Gasteiger partial charge on any atom is 0.145 e. The first-order valence-electron chi connectivity index (χ1n) is 9.07. The Labute approximate surface area is 165 Å². The van der Waals surface area contributed by atoms with E-state index >= 15 is 0 Å². The van der Waals surface area contributed by atoms with Crippen LogP contribution in [0, 0.1) is 5.41 Å². The van der Waals surface area contributed by atoms with Crippen LogP contribution in [0.3, 0.4) is 0 Å². The molecule has 0 spiro atoms. The van der Waals surface area contributed by atoms with Crippen molar-refractivity contribution in [3.05, 3.63) is 65.2 Å². The van der Waals surface area contributed by atoms with Gasteiger partial charge >= 0.3 is 0 Å². The summed E-state index contributed by atoms with van der Waals surface area (Å²) < 4.78 is 5.77. The summed E-state index contributed by atoms with van der Waals surface area (Å²) in [6.45, 7) is 3.81. The van der Waals surface area contributed by atoms with E-state index in [4.69, 9.17) is 22.2 Å². The van der Waals surface area contributed by atoms with Gasteiger partial charge in [-0.2, -0.15) is 0 Å². The van der Waals surface area contributed by atoms with Crippen LogP contribution in [0.5, 0.6) is 5.75 Å². The first-order chi connectivity index (χ1) is 13.0. The van der Waals surface area contributed by atoms with Crippen LogP contribution in [0.15, 0.2) is 53.5 Å². The molecule has 0 aliphatic carbocycles. The fraction of sp³-hybridized carbons (Fsp3) is 0.381. The molecule has 1 aliphatic heterocycles. The molecule has 1 unspecified atom stereocenters. The lowest BCUT2D eigenvalue weighted by atomic mass is 9.96. The lowest BCUT2D eigenvalue weighted by Crippen LogP contribution is -2.34. The van der Waals surface area contributed by atoms with Crippen LogP contribution in [-0.2, 0) is 6.42 Å². The van der Waals surface area contributed by atoms with Crippen molar-refractivity contribution in [1.29, 1.82) is 0 Å². The Bertz CT molecular complexity index is 771. The standard InChI is InChI=1S/C21H26ClN3O2/c1-21(13-22,14-26)15-27-19-8-4-17(5-9-19)12-16-2-6-18(7-3-16)20-24-10-11-25(20)23/h2-9,26H,10-15,23H2,1H3. The molecule has 1 aliphatic rings. The number of ether oxygens (including phenoxy) is 1. The van der Waals surface area contributed by atoms with Gasteiger partial charge in [-0.1, -0.05) is 43.3 Å². The van der Waals surface area contributed by atoms with Gasteiger partial charge in [0.05, 0.1) is 26.3 Å². The van der Waals surface area contributed by atoms with Crippen LogP contribution in [0.25, 0.3) is 0 Å². The molecule has 0 radical (unpaired) electrons. The van der Waals surface area contributed by atoms with Gasteiger partial charge in [0.25, 0.3) is 0 Å². The molecule has 1 atom stereocenters. The Morgan fingerprint density at radius 3 is 2.30 bits per heavy atom. The van der Waals surface area contributed by atoms with Crippen molar-refractivity contribution >= 4 is 17.4 Å². The SMILES string of the molecule is CC(CO)(CCl)COc1ccc(Cc2ccc(C3=NCCN3N)cc2)cc1. The van der Waals surface area contributed by atoms with Gasteiger partial charge in [-0.25, -0.2) is 5.84 Å². The van der Waals surface area contributed by atoms with Gasteiger partial charge < -0.3 is 9.84 Å².